The van der Waals surface area contributed by atoms with Gasteiger partial charge >= 0.3 is 5.97 Å². The van der Waals surface area contributed by atoms with Crippen LogP contribution >= 0.6 is 0 Å². The van der Waals surface area contributed by atoms with Crippen LogP contribution in [0.3, 0.4) is 0 Å². The summed E-state index contributed by atoms with van der Waals surface area (Å²) in [6, 6.07) is 14.4. The van der Waals surface area contributed by atoms with Crippen molar-refractivity contribution in [3.05, 3.63) is 75.6 Å². The second-order valence-corrected chi connectivity index (χ2v) is 6.20. The lowest BCUT2D eigenvalue weighted by Gasteiger charge is -2.15. The van der Waals surface area contributed by atoms with Gasteiger partial charge in [0.25, 0.3) is 11.5 Å². The van der Waals surface area contributed by atoms with Crippen molar-refractivity contribution in [3.8, 4) is 5.75 Å². The lowest BCUT2D eigenvalue weighted by Crippen LogP contribution is -2.36. The highest BCUT2D eigenvalue weighted by molar-refractivity contribution is 6.03. The van der Waals surface area contributed by atoms with E-state index in [2.05, 4.69) is 5.32 Å². The molecule has 1 aromatic heterocycles. The second kappa shape index (κ2) is 7.33. The molecule has 0 bridgehead atoms. The predicted octanol–water partition coefficient (Wildman–Crippen LogP) is 1.88. The highest BCUT2D eigenvalue weighted by atomic mass is 16.4. The molecule has 2 aromatic carbocycles. The first-order chi connectivity index (χ1) is 12.9. The number of benzene rings is 2. The molecule has 1 heterocycles. The molecule has 0 unspecified atom stereocenters. The zero-order valence-electron chi connectivity index (χ0n) is 14.6. The summed E-state index contributed by atoms with van der Waals surface area (Å²) in [6.45, 7) is 1.39. The van der Waals surface area contributed by atoms with Crippen LogP contribution in [0.2, 0.25) is 0 Å². The van der Waals surface area contributed by atoms with Crippen LogP contribution in [0, 0.1) is 6.92 Å². The molecule has 0 spiro atoms. The third-order valence-electron chi connectivity index (χ3n) is 4.20. The molecule has 7 heteroatoms. The van der Waals surface area contributed by atoms with Crippen molar-refractivity contribution >= 4 is 22.8 Å². The average Bonchev–Trinajstić information content (AvgIpc) is 2.64. The van der Waals surface area contributed by atoms with E-state index >= 15 is 0 Å². The van der Waals surface area contributed by atoms with Crippen molar-refractivity contribution in [2.75, 3.05) is 6.54 Å². The number of nitrogens with one attached hydrogen (secondary N) is 1. The van der Waals surface area contributed by atoms with Crippen LogP contribution < -0.4 is 10.9 Å². The van der Waals surface area contributed by atoms with E-state index < -0.39 is 35.3 Å². The molecule has 3 N–H and O–H groups in total. The van der Waals surface area contributed by atoms with Crippen LogP contribution in [0.25, 0.3) is 10.9 Å². The van der Waals surface area contributed by atoms with Crippen molar-refractivity contribution in [2.24, 2.45) is 0 Å². The zero-order chi connectivity index (χ0) is 19.6. The summed E-state index contributed by atoms with van der Waals surface area (Å²) in [6.07, 6.45) is 0. The number of hydrogen-bond donors (Lipinski definition) is 3. The van der Waals surface area contributed by atoms with Crippen LogP contribution in [0.5, 0.6) is 5.75 Å². The maximum atomic E-state index is 13.0. The molecular weight excluding hydrogens is 348 g/mol. The molecule has 0 aliphatic carbocycles. The number of carboxylic acids is 1. The van der Waals surface area contributed by atoms with E-state index in [0.717, 1.165) is 11.1 Å². The minimum absolute atomic E-state index is 0.207. The van der Waals surface area contributed by atoms with E-state index in [0.29, 0.717) is 10.9 Å². The topological polar surface area (TPSA) is 109 Å². The number of carbonyl (C=O) groups is 2. The maximum Gasteiger partial charge on any atom is 0.322 e. The van der Waals surface area contributed by atoms with E-state index in [4.69, 9.17) is 5.11 Å². The van der Waals surface area contributed by atoms with Gasteiger partial charge in [-0.3, -0.25) is 14.4 Å². The van der Waals surface area contributed by atoms with Crippen LogP contribution in [0.4, 0.5) is 0 Å². The number of fused-ring (bicyclic) bond motifs is 1. The van der Waals surface area contributed by atoms with Gasteiger partial charge in [0.05, 0.1) is 12.1 Å². The Morgan fingerprint density at radius 2 is 1.81 bits per heavy atom. The fraction of sp³-hybridized carbons (Fsp3) is 0.150. The number of carbonyl (C=O) groups excluding carboxylic acids is 1. The molecule has 0 saturated heterocycles. The Kier molecular flexibility index (Phi) is 4.94. The molecule has 0 saturated carbocycles. The first kappa shape index (κ1) is 18.2. The highest BCUT2D eigenvalue weighted by Crippen LogP contribution is 2.27. The van der Waals surface area contributed by atoms with Crippen LogP contribution in [0.1, 0.15) is 21.5 Å². The Labute approximate surface area is 154 Å². The lowest BCUT2D eigenvalue weighted by atomic mass is 10.1. The number of carboxylic acid groups (broad SMARTS) is 1. The smallest absolute Gasteiger partial charge is 0.322 e. The number of amides is 1. The minimum Gasteiger partial charge on any atom is -0.506 e. The van der Waals surface area contributed by atoms with Crippen LogP contribution in [-0.4, -0.2) is 33.2 Å². The van der Waals surface area contributed by atoms with E-state index in [1.54, 1.807) is 12.1 Å². The fourth-order valence-electron chi connectivity index (χ4n) is 2.93. The Balaban J connectivity index is 2.22. The molecule has 0 aliphatic heterocycles. The molecule has 0 atom stereocenters. The van der Waals surface area contributed by atoms with E-state index in [9.17, 15) is 19.5 Å². The molecule has 3 rings (SSSR count). The van der Waals surface area contributed by atoms with Crippen LogP contribution in [0.15, 0.2) is 53.3 Å². The van der Waals surface area contributed by atoms with Gasteiger partial charge in [0, 0.05) is 5.39 Å². The quantitative estimate of drug-likeness (QED) is 0.639. The zero-order valence-corrected chi connectivity index (χ0v) is 14.6. The maximum absolute atomic E-state index is 13.0. The minimum atomic E-state index is -1.25. The monoisotopic (exact) mass is 366 g/mol. The van der Waals surface area contributed by atoms with E-state index in [1.807, 2.05) is 43.3 Å². The van der Waals surface area contributed by atoms with Crippen molar-refractivity contribution in [2.45, 2.75) is 13.5 Å². The molecule has 138 valence electrons. The van der Waals surface area contributed by atoms with Crippen molar-refractivity contribution in [3.63, 3.8) is 0 Å². The van der Waals surface area contributed by atoms with Crippen molar-refractivity contribution in [1.29, 1.82) is 0 Å². The number of aliphatic carboxylic acids is 1. The average molecular weight is 366 g/mol. The molecule has 7 nitrogen and oxygen atoms in total. The standard InChI is InChI=1S/C20H18N2O5/c1-12-7-8-15-14(9-12)18(25)17(19(26)21-10-16(23)24)20(27)22(15)11-13-5-3-2-4-6-13/h2-9,25H,10-11H2,1H3,(H,21,26)(H,23,24). The van der Waals surface area contributed by atoms with Crippen molar-refractivity contribution in [1.82, 2.24) is 9.88 Å². The van der Waals surface area contributed by atoms with Gasteiger partial charge < -0.3 is 20.1 Å². The molecule has 27 heavy (non-hydrogen) atoms. The highest BCUT2D eigenvalue weighted by Gasteiger charge is 2.22. The second-order valence-electron chi connectivity index (χ2n) is 6.20. The Hall–Kier alpha value is -3.61. The third-order valence-corrected chi connectivity index (χ3v) is 4.20. The van der Waals surface area contributed by atoms with Gasteiger partial charge in [-0.1, -0.05) is 42.0 Å². The van der Waals surface area contributed by atoms with Gasteiger partial charge in [0.2, 0.25) is 0 Å². The van der Waals surface area contributed by atoms with E-state index in [-0.39, 0.29) is 6.54 Å². The number of rotatable bonds is 5. The van der Waals surface area contributed by atoms with Gasteiger partial charge in [-0.25, -0.2) is 0 Å². The predicted molar refractivity (Wildman–Crippen MR) is 100 cm³/mol. The first-order valence-corrected chi connectivity index (χ1v) is 8.28. The van der Waals surface area contributed by atoms with Crippen molar-refractivity contribution < 1.29 is 19.8 Å². The fourth-order valence-corrected chi connectivity index (χ4v) is 2.93. The summed E-state index contributed by atoms with van der Waals surface area (Å²) in [4.78, 5) is 36.1. The lowest BCUT2D eigenvalue weighted by molar-refractivity contribution is -0.135. The third kappa shape index (κ3) is 3.67. The number of aromatic nitrogens is 1. The number of pyridine rings is 1. The first-order valence-electron chi connectivity index (χ1n) is 8.28. The summed E-state index contributed by atoms with van der Waals surface area (Å²) in [5.41, 5.74) is 1.03. The summed E-state index contributed by atoms with van der Waals surface area (Å²) < 4.78 is 1.40. The Morgan fingerprint density at radius 1 is 1.11 bits per heavy atom. The Morgan fingerprint density at radius 3 is 2.48 bits per heavy atom. The largest absolute Gasteiger partial charge is 0.506 e. The van der Waals surface area contributed by atoms with E-state index in [1.165, 1.54) is 4.57 Å². The van der Waals surface area contributed by atoms with Crippen LogP contribution in [-0.2, 0) is 11.3 Å². The number of aryl methyl sites for hydroxylation is 1. The molecular formula is C20H18N2O5. The molecule has 3 aromatic rings. The van der Waals surface area contributed by atoms with Gasteiger partial charge in [-0.15, -0.1) is 0 Å². The summed E-state index contributed by atoms with van der Waals surface area (Å²) >= 11 is 0. The van der Waals surface area contributed by atoms with Gasteiger partial charge in [-0.05, 0) is 24.6 Å². The summed E-state index contributed by atoms with van der Waals surface area (Å²) in [5.74, 6) is -2.62. The molecule has 0 fully saturated rings. The number of hydrogen-bond acceptors (Lipinski definition) is 4. The molecule has 1 amide bonds. The normalized spacial score (nSPS) is 10.7. The molecule has 0 radical (unpaired) electrons. The number of aromatic hydroxyl groups is 1. The summed E-state index contributed by atoms with van der Waals surface area (Å²) in [5, 5.41) is 21.8. The Bertz CT molecular complexity index is 1090. The summed E-state index contributed by atoms with van der Waals surface area (Å²) in [7, 11) is 0. The van der Waals surface area contributed by atoms with Gasteiger partial charge in [0.1, 0.15) is 17.9 Å². The van der Waals surface area contributed by atoms with Gasteiger partial charge in [-0.2, -0.15) is 0 Å². The SMILES string of the molecule is Cc1ccc2c(c1)c(O)c(C(=O)NCC(=O)O)c(=O)n2Cc1ccccc1. The molecule has 0 aliphatic rings. The van der Waals surface area contributed by atoms with Gasteiger partial charge in [0.15, 0.2) is 0 Å². The number of nitrogens with zero attached hydrogens (tertiary/aromatic N) is 1.